The molecule has 2 N–H and O–H groups in total. The number of carbonyl (C=O) groups excluding carboxylic acids is 1. The Hall–Kier alpha value is -4.07. The first-order valence-corrected chi connectivity index (χ1v) is 15.2. The molecule has 1 heterocycles. The molecule has 3 aromatic rings. The molecule has 2 atom stereocenters. The summed E-state index contributed by atoms with van der Waals surface area (Å²) in [7, 11) is 0. The number of fused-ring (bicyclic) bond motifs is 2. The summed E-state index contributed by atoms with van der Waals surface area (Å²) in [5.41, 5.74) is 2.44. The molecule has 5 rings (SSSR count). The van der Waals surface area contributed by atoms with E-state index in [0.29, 0.717) is 25.6 Å². The molecule has 2 aliphatic carbocycles. The summed E-state index contributed by atoms with van der Waals surface area (Å²) in [5, 5.41) is 18.8. The van der Waals surface area contributed by atoms with E-state index >= 15 is 0 Å². The maximum Gasteiger partial charge on any atom is 0.330 e. The van der Waals surface area contributed by atoms with Crippen LogP contribution >= 0.6 is 0 Å². The Morgan fingerprint density at radius 3 is 2.57 bits per heavy atom. The zero-order chi connectivity index (χ0) is 29.7. The van der Waals surface area contributed by atoms with Gasteiger partial charge >= 0.3 is 12.0 Å². The number of aromatic nitrogens is 2. The van der Waals surface area contributed by atoms with Gasteiger partial charge in [-0.3, -0.25) is 4.68 Å². The van der Waals surface area contributed by atoms with Crippen molar-refractivity contribution in [2.24, 2.45) is 5.92 Å². The van der Waals surface area contributed by atoms with Crippen molar-refractivity contribution in [2.75, 3.05) is 13.2 Å². The van der Waals surface area contributed by atoms with Crippen molar-refractivity contribution in [3.05, 3.63) is 83.6 Å². The van der Waals surface area contributed by atoms with Gasteiger partial charge < -0.3 is 20.1 Å². The molecule has 2 unspecified atom stereocenters. The van der Waals surface area contributed by atoms with Gasteiger partial charge in [-0.05, 0) is 74.8 Å². The molecule has 0 radical (unpaired) electrons. The Bertz CT molecular complexity index is 1460. The lowest BCUT2D eigenvalue weighted by Gasteiger charge is -2.34. The van der Waals surface area contributed by atoms with Crippen molar-refractivity contribution >= 4 is 22.9 Å². The van der Waals surface area contributed by atoms with Gasteiger partial charge in [-0.2, -0.15) is 5.10 Å². The summed E-state index contributed by atoms with van der Waals surface area (Å²) in [4.78, 5) is 28.6. The standard InChI is InChI=1S/C34H42N4O4/c1-4-38-30-19-28(20-31(42-5-2)29(30)23-35-38)24(3)37(18-12-11-15-25-13-7-6-8-14-25)33(41)36-34(32(39)40)21-26-16-9-10-17-27(26)22-34/h6-10,13,16-17,19-20,23-25H,4-5,11-12,14-15,18,21-22H2,1-3H3,(H,36,41)(H,39,40). The Morgan fingerprint density at radius 1 is 1.17 bits per heavy atom. The number of unbranched alkanes of at least 4 members (excludes halogenated alkanes) is 1. The Kier molecular flexibility index (Phi) is 9.00. The van der Waals surface area contributed by atoms with E-state index in [1.165, 1.54) is 0 Å². The van der Waals surface area contributed by atoms with Crippen LogP contribution in [-0.2, 0) is 24.2 Å². The summed E-state index contributed by atoms with van der Waals surface area (Å²) >= 11 is 0. The van der Waals surface area contributed by atoms with Gasteiger partial charge in [-0.1, -0.05) is 55.0 Å². The van der Waals surface area contributed by atoms with Crippen molar-refractivity contribution < 1.29 is 19.4 Å². The van der Waals surface area contributed by atoms with Gasteiger partial charge in [-0.15, -0.1) is 0 Å². The molecule has 8 nitrogen and oxygen atoms in total. The molecule has 0 aliphatic heterocycles. The zero-order valence-electron chi connectivity index (χ0n) is 24.9. The van der Waals surface area contributed by atoms with Gasteiger partial charge in [0, 0.05) is 25.9 Å². The van der Waals surface area contributed by atoms with E-state index in [-0.39, 0.29) is 24.9 Å². The van der Waals surface area contributed by atoms with E-state index in [1.54, 1.807) is 4.90 Å². The van der Waals surface area contributed by atoms with Crippen LogP contribution in [0.4, 0.5) is 4.79 Å². The number of carbonyl (C=O) groups is 2. The Labute approximate surface area is 248 Å². The van der Waals surface area contributed by atoms with Crippen LogP contribution in [0.25, 0.3) is 10.9 Å². The number of carboxylic acids is 1. The highest BCUT2D eigenvalue weighted by molar-refractivity contribution is 5.89. The minimum Gasteiger partial charge on any atom is -0.493 e. The van der Waals surface area contributed by atoms with Gasteiger partial charge in [0.05, 0.1) is 29.7 Å². The van der Waals surface area contributed by atoms with Crippen molar-refractivity contribution in [1.82, 2.24) is 20.0 Å². The highest BCUT2D eigenvalue weighted by atomic mass is 16.5. The number of carboxylic acid groups (broad SMARTS) is 1. The largest absolute Gasteiger partial charge is 0.493 e. The van der Waals surface area contributed by atoms with E-state index in [9.17, 15) is 14.7 Å². The number of hydrogen-bond acceptors (Lipinski definition) is 4. The topological polar surface area (TPSA) is 96.7 Å². The molecule has 222 valence electrons. The normalized spacial score (nSPS) is 17.6. The Morgan fingerprint density at radius 2 is 1.93 bits per heavy atom. The quantitative estimate of drug-likeness (QED) is 0.244. The number of hydrogen-bond donors (Lipinski definition) is 2. The predicted octanol–water partition coefficient (Wildman–Crippen LogP) is 6.45. The number of ether oxygens (including phenoxy) is 1. The predicted molar refractivity (Wildman–Crippen MR) is 165 cm³/mol. The maximum absolute atomic E-state index is 14.1. The molecular weight excluding hydrogens is 528 g/mol. The fourth-order valence-corrected chi connectivity index (χ4v) is 6.30. The first-order chi connectivity index (χ1) is 20.3. The number of nitrogens with zero attached hydrogens (tertiary/aromatic N) is 3. The minimum absolute atomic E-state index is 0.268. The van der Waals surface area contributed by atoms with Gasteiger partial charge in [0.2, 0.25) is 0 Å². The molecule has 2 aliphatic rings. The van der Waals surface area contributed by atoms with Crippen LogP contribution < -0.4 is 10.1 Å². The van der Waals surface area contributed by atoms with Crippen molar-refractivity contribution in [1.29, 1.82) is 0 Å². The fraction of sp³-hybridized carbons (Fsp3) is 0.441. The number of benzene rings is 2. The van der Waals surface area contributed by atoms with Crippen LogP contribution in [0.5, 0.6) is 5.75 Å². The second-order valence-corrected chi connectivity index (χ2v) is 11.5. The first-order valence-electron chi connectivity index (χ1n) is 15.2. The summed E-state index contributed by atoms with van der Waals surface area (Å²) in [6.07, 6.45) is 14.9. The van der Waals surface area contributed by atoms with Crippen LogP contribution in [0.3, 0.4) is 0 Å². The molecule has 0 fully saturated rings. The number of aliphatic carboxylic acids is 1. The molecule has 1 aromatic heterocycles. The monoisotopic (exact) mass is 570 g/mol. The SMILES string of the molecule is CCOc1cc(C(C)N(CCCCC2C=CC=CC2)C(=O)NC2(C(=O)O)Cc3ccccc3C2)cc2c1cnn2CC. The second-order valence-electron chi connectivity index (χ2n) is 11.5. The molecule has 42 heavy (non-hydrogen) atoms. The first kappa shape index (κ1) is 29.4. The second kappa shape index (κ2) is 12.8. The third-order valence-electron chi connectivity index (χ3n) is 8.71. The molecule has 0 bridgehead atoms. The minimum atomic E-state index is -1.38. The summed E-state index contributed by atoms with van der Waals surface area (Å²) in [6.45, 7) is 7.75. The number of amides is 2. The summed E-state index contributed by atoms with van der Waals surface area (Å²) in [6, 6.07) is 11.1. The number of nitrogens with one attached hydrogen (secondary N) is 1. The van der Waals surface area contributed by atoms with Crippen LogP contribution in [0.1, 0.15) is 69.2 Å². The lowest BCUT2D eigenvalue weighted by Crippen LogP contribution is -2.59. The van der Waals surface area contributed by atoms with Crippen LogP contribution in [0, 0.1) is 5.92 Å². The summed E-state index contributed by atoms with van der Waals surface area (Å²) < 4.78 is 7.93. The van der Waals surface area contributed by atoms with Gasteiger partial charge in [-0.25, -0.2) is 9.59 Å². The zero-order valence-corrected chi connectivity index (χ0v) is 24.9. The van der Waals surface area contributed by atoms with E-state index in [0.717, 1.165) is 59.0 Å². The molecule has 0 saturated heterocycles. The molecule has 0 spiro atoms. The number of aryl methyl sites for hydroxylation is 1. The highest BCUT2D eigenvalue weighted by Crippen LogP contribution is 2.34. The van der Waals surface area contributed by atoms with E-state index in [1.807, 2.05) is 62.0 Å². The molecule has 2 amide bonds. The van der Waals surface area contributed by atoms with E-state index in [4.69, 9.17) is 4.74 Å². The van der Waals surface area contributed by atoms with E-state index < -0.39 is 11.5 Å². The number of rotatable bonds is 12. The van der Waals surface area contributed by atoms with Crippen LogP contribution in [0.15, 0.2) is 66.9 Å². The Balaban J connectivity index is 1.41. The third kappa shape index (κ3) is 6.08. The average Bonchev–Trinajstić information content (AvgIpc) is 3.59. The number of allylic oxidation sites excluding steroid dienone is 4. The maximum atomic E-state index is 14.1. The van der Waals surface area contributed by atoms with E-state index in [2.05, 4.69) is 40.8 Å². The molecular formula is C34H42N4O4. The highest BCUT2D eigenvalue weighted by Gasteiger charge is 2.46. The van der Waals surface area contributed by atoms with Gasteiger partial charge in [0.25, 0.3) is 0 Å². The van der Waals surface area contributed by atoms with Gasteiger partial charge in [0.15, 0.2) is 0 Å². The molecule has 8 heteroatoms. The van der Waals surface area contributed by atoms with Crippen LogP contribution in [-0.4, -0.2) is 50.5 Å². The van der Waals surface area contributed by atoms with Crippen LogP contribution in [0.2, 0.25) is 0 Å². The molecule has 0 saturated carbocycles. The van der Waals surface area contributed by atoms with Crippen molar-refractivity contribution in [3.8, 4) is 5.75 Å². The smallest absolute Gasteiger partial charge is 0.330 e. The van der Waals surface area contributed by atoms with Crippen molar-refractivity contribution in [2.45, 2.75) is 77.4 Å². The summed E-state index contributed by atoms with van der Waals surface area (Å²) in [5.74, 6) is 0.249. The van der Waals surface area contributed by atoms with Gasteiger partial charge in [0.1, 0.15) is 11.3 Å². The fourth-order valence-electron chi connectivity index (χ4n) is 6.30. The molecule has 2 aromatic carbocycles. The lowest BCUT2D eigenvalue weighted by atomic mass is 9.94. The van der Waals surface area contributed by atoms with Crippen molar-refractivity contribution in [3.63, 3.8) is 0 Å². The number of urea groups is 1. The average molecular weight is 571 g/mol. The lowest BCUT2D eigenvalue weighted by molar-refractivity contribution is -0.144. The third-order valence-corrected chi connectivity index (χ3v) is 8.71.